The summed E-state index contributed by atoms with van der Waals surface area (Å²) in [5.74, 6) is 0.894. The molecule has 0 aromatic heterocycles. The first-order valence-electron chi connectivity index (χ1n) is 7.88. The number of nitrogens with zero attached hydrogens (tertiary/aromatic N) is 1. The highest BCUT2D eigenvalue weighted by molar-refractivity contribution is 5.77. The number of ether oxygens (including phenoxy) is 3. The minimum absolute atomic E-state index is 0.0763. The van der Waals surface area contributed by atoms with Gasteiger partial charge in [-0.1, -0.05) is 12.1 Å². The van der Waals surface area contributed by atoms with Crippen LogP contribution in [-0.4, -0.2) is 38.2 Å². The summed E-state index contributed by atoms with van der Waals surface area (Å²) in [6.07, 6.45) is 0.682. The molecule has 0 aliphatic heterocycles. The number of methoxy groups -OCH3 is 2. The van der Waals surface area contributed by atoms with Crippen molar-refractivity contribution in [2.45, 2.75) is 6.42 Å². The van der Waals surface area contributed by atoms with Crippen molar-refractivity contribution < 1.29 is 23.9 Å². The van der Waals surface area contributed by atoms with Crippen LogP contribution in [0.2, 0.25) is 0 Å². The van der Waals surface area contributed by atoms with Crippen LogP contribution >= 0.6 is 0 Å². The SMILES string of the molecule is COc1ccc(CCNC(=O)COc2ccc([N+](=O)[O-])c(OC)c2)cc1. The number of nitro benzene ring substituents is 1. The molecular weight excluding hydrogens is 340 g/mol. The summed E-state index contributed by atoms with van der Waals surface area (Å²) in [7, 11) is 2.94. The second kappa shape index (κ2) is 9.26. The van der Waals surface area contributed by atoms with Gasteiger partial charge in [0.2, 0.25) is 5.75 Å². The van der Waals surface area contributed by atoms with E-state index in [4.69, 9.17) is 14.2 Å². The zero-order valence-electron chi connectivity index (χ0n) is 14.6. The highest BCUT2D eigenvalue weighted by Crippen LogP contribution is 2.30. The third-order valence-electron chi connectivity index (χ3n) is 3.61. The van der Waals surface area contributed by atoms with E-state index in [1.807, 2.05) is 24.3 Å². The number of benzene rings is 2. The normalized spacial score (nSPS) is 10.1. The van der Waals surface area contributed by atoms with Crippen molar-refractivity contribution in [1.29, 1.82) is 0 Å². The van der Waals surface area contributed by atoms with Crippen molar-refractivity contribution >= 4 is 11.6 Å². The fourth-order valence-electron chi connectivity index (χ4n) is 2.24. The minimum Gasteiger partial charge on any atom is -0.497 e. The number of nitro groups is 1. The molecule has 1 amide bonds. The Balaban J connectivity index is 1.78. The third-order valence-corrected chi connectivity index (χ3v) is 3.61. The number of carbonyl (C=O) groups excluding carboxylic acids is 1. The van der Waals surface area contributed by atoms with E-state index in [2.05, 4.69) is 5.32 Å². The Labute approximate surface area is 150 Å². The molecule has 0 aliphatic rings. The number of amides is 1. The molecular formula is C18H20N2O6. The van der Waals surface area contributed by atoms with Crippen molar-refractivity contribution in [3.05, 3.63) is 58.1 Å². The summed E-state index contributed by atoms with van der Waals surface area (Å²) in [5.41, 5.74) is 0.913. The van der Waals surface area contributed by atoms with Crippen LogP contribution in [0.3, 0.4) is 0 Å². The summed E-state index contributed by atoms with van der Waals surface area (Å²) >= 11 is 0. The Morgan fingerprint density at radius 1 is 1.08 bits per heavy atom. The quantitative estimate of drug-likeness (QED) is 0.544. The lowest BCUT2D eigenvalue weighted by Gasteiger charge is -2.09. The van der Waals surface area contributed by atoms with Gasteiger partial charge in [-0.15, -0.1) is 0 Å². The second-order valence-electron chi connectivity index (χ2n) is 5.33. The Hall–Kier alpha value is -3.29. The molecule has 0 radical (unpaired) electrons. The predicted molar refractivity (Wildman–Crippen MR) is 94.9 cm³/mol. The summed E-state index contributed by atoms with van der Waals surface area (Å²) in [6.45, 7) is 0.279. The molecule has 0 fully saturated rings. The molecule has 1 N–H and O–H groups in total. The molecule has 0 saturated heterocycles. The standard InChI is InChI=1S/C18H20N2O6/c1-24-14-5-3-13(4-6-14)9-10-19-18(21)12-26-15-7-8-16(20(22)23)17(11-15)25-2/h3-8,11H,9-10,12H2,1-2H3,(H,19,21). The average Bonchev–Trinajstić information content (AvgIpc) is 2.66. The lowest BCUT2D eigenvalue weighted by molar-refractivity contribution is -0.385. The van der Waals surface area contributed by atoms with E-state index in [9.17, 15) is 14.9 Å². The van der Waals surface area contributed by atoms with Gasteiger partial charge in [0, 0.05) is 18.7 Å². The van der Waals surface area contributed by atoms with Crippen LogP contribution in [0.25, 0.3) is 0 Å². The molecule has 0 atom stereocenters. The Kier molecular flexibility index (Phi) is 6.78. The zero-order valence-corrected chi connectivity index (χ0v) is 14.6. The molecule has 0 saturated carbocycles. The summed E-state index contributed by atoms with van der Waals surface area (Å²) < 4.78 is 15.4. The molecule has 0 aliphatic carbocycles. The van der Waals surface area contributed by atoms with Crippen molar-refractivity contribution in [2.24, 2.45) is 0 Å². The predicted octanol–water partition coefficient (Wildman–Crippen LogP) is 2.35. The van der Waals surface area contributed by atoms with E-state index in [0.29, 0.717) is 18.7 Å². The van der Waals surface area contributed by atoms with Crippen LogP contribution in [0.1, 0.15) is 5.56 Å². The highest BCUT2D eigenvalue weighted by Gasteiger charge is 2.15. The Morgan fingerprint density at radius 3 is 2.38 bits per heavy atom. The van der Waals surface area contributed by atoms with Crippen LogP contribution in [0.4, 0.5) is 5.69 Å². The monoisotopic (exact) mass is 360 g/mol. The number of hydrogen-bond acceptors (Lipinski definition) is 6. The van der Waals surface area contributed by atoms with Gasteiger partial charge in [0.1, 0.15) is 11.5 Å². The lowest BCUT2D eigenvalue weighted by Crippen LogP contribution is -2.30. The maximum atomic E-state index is 11.8. The first-order chi connectivity index (χ1) is 12.5. The molecule has 26 heavy (non-hydrogen) atoms. The van der Waals surface area contributed by atoms with Crippen molar-refractivity contribution in [3.63, 3.8) is 0 Å². The number of rotatable bonds is 9. The molecule has 0 unspecified atom stereocenters. The van der Waals surface area contributed by atoms with E-state index in [1.165, 1.54) is 25.3 Å². The van der Waals surface area contributed by atoms with E-state index >= 15 is 0 Å². The number of hydrogen-bond donors (Lipinski definition) is 1. The lowest BCUT2D eigenvalue weighted by atomic mass is 10.1. The van der Waals surface area contributed by atoms with Crippen LogP contribution in [-0.2, 0) is 11.2 Å². The minimum atomic E-state index is -0.547. The molecule has 2 aromatic rings. The van der Waals surface area contributed by atoms with Crippen molar-refractivity contribution in [2.75, 3.05) is 27.4 Å². The smallest absolute Gasteiger partial charge is 0.311 e. The van der Waals surface area contributed by atoms with E-state index < -0.39 is 4.92 Å². The zero-order chi connectivity index (χ0) is 18.9. The Morgan fingerprint density at radius 2 is 1.77 bits per heavy atom. The van der Waals surface area contributed by atoms with E-state index in [0.717, 1.165) is 11.3 Å². The summed E-state index contributed by atoms with van der Waals surface area (Å²) in [4.78, 5) is 22.1. The molecule has 2 rings (SSSR count). The summed E-state index contributed by atoms with van der Waals surface area (Å²) in [5, 5.41) is 13.6. The van der Waals surface area contributed by atoms with E-state index in [-0.39, 0.29) is 24.0 Å². The largest absolute Gasteiger partial charge is 0.497 e. The fourth-order valence-corrected chi connectivity index (χ4v) is 2.24. The Bertz CT molecular complexity index is 761. The number of nitrogens with one attached hydrogen (secondary N) is 1. The molecule has 138 valence electrons. The topological polar surface area (TPSA) is 99.9 Å². The van der Waals surface area contributed by atoms with Gasteiger partial charge >= 0.3 is 5.69 Å². The van der Waals surface area contributed by atoms with Crippen LogP contribution in [0, 0.1) is 10.1 Å². The highest BCUT2D eigenvalue weighted by atomic mass is 16.6. The van der Waals surface area contributed by atoms with Gasteiger partial charge in [0.05, 0.1) is 19.1 Å². The second-order valence-corrected chi connectivity index (χ2v) is 5.33. The molecule has 0 heterocycles. The average molecular weight is 360 g/mol. The fraction of sp³-hybridized carbons (Fsp3) is 0.278. The third kappa shape index (κ3) is 5.37. The van der Waals surface area contributed by atoms with Gasteiger partial charge in [-0.25, -0.2) is 0 Å². The van der Waals surface area contributed by atoms with Crippen molar-refractivity contribution in [1.82, 2.24) is 5.32 Å². The van der Waals surface area contributed by atoms with Crippen LogP contribution in [0.5, 0.6) is 17.2 Å². The molecule has 0 spiro atoms. The summed E-state index contributed by atoms with van der Waals surface area (Å²) in [6, 6.07) is 11.7. The van der Waals surface area contributed by atoms with Crippen LogP contribution in [0.15, 0.2) is 42.5 Å². The van der Waals surface area contributed by atoms with Gasteiger partial charge in [0.25, 0.3) is 5.91 Å². The van der Waals surface area contributed by atoms with Gasteiger partial charge < -0.3 is 19.5 Å². The van der Waals surface area contributed by atoms with Crippen molar-refractivity contribution in [3.8, 4) is 17.2 Å². The van der Waals surface area contributed by atoms with Crippen LogP contribution < -0.4 is 19.5 Å². The molecule has 8 nitrogen and oxygen atoms in total. The van der Waals surface area contributed by atoms with Gasteiger partial charge in [-0.2, -0.15) is 0 Å². The first-order valence-corrected chi connectivity index (χ1v) is 7.88. The van der Waals surface area contributed by atoms with Gasteiger partial charge in [0.15, 0.2) is 6.61 Å². The van der Waals surface area contributed by atoms with Gasteiger partial charge in [-0.3, -0.25) is 14.9 Å². The van der Waals surface area contributed by atoms with E-state index in [1.54, 1.807) is 7.11 Å². The maximum absolute atomic E-state index is 11.8. The maximum Gasteiger partial charge on any atom is 0.311 e. The van der Waals surface area contributed by atoms with Gasteiger partial charge in [-0.05, 0) is 30.2 Å². The molecule has 8 heteroatoms. The molecule has 2 aromatic carbocycles. The number of carbonyl (C=O) groups is 1. The first kappa shape index (κ1) is 19.0. The molecule has 0 bridgehead atoms.